The third kappa shape index (κ3) is 3.85. The van der Waals surface area contributed by atoms with Crippen molar-refractivity contribution in [1.82, 2.24) is 14.9 Å². The van der Waals surface area contributed by atoms with Gasteiger partial charge in [0.15, 0.2) is 5.96 Å². The lowest BCUT2D eigenvalue weighted by Crippen LogP contribution is -2.52. The van der Waals surface area contributed by atoms with E-state index in [9.17, 15) is 0 Å². The van der Waals surface area contributed by atoms with Crippen LogP contribution in [-0.4, -0.2) is 53.0 Å². The van der Waals surface area contributed by atoms with Crippen molar-refractivity contribution in [2.24, 2.45) is 16.6 Å². The molecule has 0 amide bonds. The SMILES string of the molecule is C#CC(N=C(N)N1CCN(c2ncccn2)CC1)C(C)C. The maximum atomic E-state index is 6.08. The van der Waals surface area contributed by atoms with Crippen LogP contribution in [0, 0.1) is 18.3 Å². The summed E-state index contributed by atoms with van der Waals surface area (Å²) in [5.41, 5.74) is 6.08. The zero-order valence-electron chi connectivity index (χ0n) is 12.6. The minimum atomic E-state index is -0.166. The molecule has 2 heterocycles. The first kappa shape index (κ1) is 15.1. The van der Waals surface area contributed by atoms with Gasteiger partial charge in [0.05, 0.1) is 0 Å². The Balaban J connectivity index is 1.95. The van der Waals surface area contributed by atoms with Crippen LogP contribution in [0.4, 0.5) is 5.95 Å². The number of anilines is 1. The van der Waals surface area contributed by atoms with Crippen molar-refractivity contribution in [2.45, 2.75) is 19.9 Å². The van der Waals surface area contributed by atoms with E-state index < -0.39 is 0 Å². The zero-order chi connectivity index (χ0) is 15.2. The highest BCUT2D eigenvalue weighted by atomic mass is 15.4. The first-order valence-electron chi connectivity index (χ1n) is 7.18. The van der Waals surface area contributed by atoms with Crippen LogP contribution in [0.3, 0.4) is 0 Å². The molecule has 6 nitrogen and oxygen atoms in total. The van der Waals surface area contributed by atoms with Gasteiger partial charge in [-0.25, -0.2) is 15.0 Å². The molecule has 1 aromatic heterocycles. The van der Waals surface area contributed by atoms with Crippen molar-refractivity contribution >= 4 is 11.9 Å². The average Bonchev–Trinajstić information content (AvgIpc) is 2.53. The van der Waals surface area contributed by atoms with E-state index in [1.807, 2.05) is 19.9 Å². The second kappa shape index (κ2) is 6.93. The number of terminal acetylenes is 1. The molecule has 0 saturated carbocycles. The van der Waals surface area contributed by atoms with Crippen molar-refractivity contribution in [3.05, 3.63) is 18.5 Å². The molecule has 0 aromatic carbocycles. The summed E-state index contributed by atoms with van der Waals surface area (Å²) in [4.78, 5) is 17.2. The average molecular weight is 286 g/mol. The van der Waals surface area contributed by atoms with Crippen molar-refractivity contribution in [1.29, 1.82) is 0 Å². The van der Waals surface area contributed by atoms with E-state index in [0.717, 1.165) is 32.1 Å². The van der Waals surface area contributed by atoms with Crippen LogP contribution in [0.2, 0.25) is 0 Å². The van der Waals surface area contributed by atoms with Gasteiger partial charge in [-0.3, -0.25) is 0 Å². The molecule has 1 unspecified atom stereocenters. The first-order valence-corrected chi connectivity index (χ1v) is 7.18. The van der Waals surface area contributed by atoms with Crippen molar-refractivity contribution in [2.75, 3.05) is 31.1 Å². The fourth-order valence-electron chi connectivity index (χ4n) is 2.19. The van der Waals surface area contributed by atoms with Crippen molar-refractivity contribution < 1.29 is 0 Å². The highest BCUT2D eigenvalue weighted by Crippen LogP contribution is 2.10. The standard InChI is InChI=1S/C15H22N6/c1-4-13(12(2)3)19-14(16)20-8-10-21(11-9-20)15-17-6-5-7-18-15/h1,5-7,12-13H,8-11H2,2-3H3,(H2,16,19). The Morgan fingerprint density at radius 3 is 2.43 bits per heavy atom. The Hall–Kier alpha value is -2.29. The molecule has 112 valence electrons. The minimum Gasteiger partial charge on any atom is -0.370 e. The summed E-state index contributed by atoms with van der Waals surface area (Å²) in [5, 5.41) is 0. The number of hydrogen-bond donors (Lipinski definition) is 1. The van der Waals surface area contributed by atoms with Crippen LogP contribution in [0.1, 0.15) is 13.8 Å². The number of piperazine rings is 1. The predicted molar refractivity (Wildman–Crippen MR) is 84.9 cm³/mol. The van der Waals surface area contributed by atoms with Gasteiger partial charge in [-0.05, 0) is 12.0 Å². The van der Waals surface area contributed by atoms with Crippen LogP contribution >= 0.6 is 0 Å². The summed E-state index contributed by atoms with van der Waals surface area (Å²) in [5.74, 6) is 4.25. The molecule has 0 aliphatic carbocycles. The smallest absolute Gasteiger partial charge is 0.225 e. The van der Waals surface area contributed by atoms with Gasteiger partial charge in [0.1, 0.15) is 6.04 Å². The molecule has 1 aromatic rings. The fourth-order valence-corrected chi connectivity index (χ4v) is 2.19. The Bertz CT molecular complexity index is 511. The molecule has 1 saturated heterocycles. The normalized spacial score (nSPS) is 17.7. The lowest BCUT2D eigenvalue weighted by molar-refractivity contribution is 0.375. The molecular weight excluding hydrogens is 264 g/mol. The third-order valence-corrected chi connectivity index (χ3v) is 3.51. The van der Waals surface area contributed by atoms with E-state index in [1.165, 1.54) is 0 Å². The maximum absolute atomic E-state index is 6.08. The van der Waals surface area contributed by atoms with Crippen LogP contribution in [-0.2, 0) is 0 Å². The Kier molecular flexibility index (Phi) is 4.99. The number of nitrogens with zero attached hydrogens (tertiary/aromatic N) is 5. The van der Waals surface area contributed by atoms with E-state index in [1.54, 1.807) is 12.4 Å². The largest absolute Gasteiger partial charge is 0.370 e. The molecule has 1 atom stereocenters. The van der Waals surface area contributed by atoms with Gasteiger partial charge in [0.25, 0.3) is 0 Å². The Labute approximate surface area is 126 Å². The zero-order valence-corrected chi connectivity index (χ0v) is 12.6. The van der Waals surface area contributed by atoms with Gasteiger partial charge in [-0.2, -0.15) is 0 Å². The number of guanidine groups is 1. The second-order valence-corrected chi connectivity index (χ2v) is 5.37. The molecule has 0 bridgehead atoms. The molecule has 0 radical (unpaired) electrons. The number of nitrogens with two attached hydrogens (primary N) is 1. The third-order valence-electron chi connectivity index (χ3n) is 3.51. The summed E-state index contributed by atoms with van der Waals surface area (Å²) in [7, 11) is 0. The monoisotopic (exact) mass is 286 g/mol. The Morgan fingerprint density at radius 2 is 1.90 bits per heavy atom. The molecule has 0 spiro atoms. The lowest BCUT2D eigenvalue weighted by atomic mass is 10.1. The van der Waals surface area contributed by atoms with E-state index in [0.29, 0.717) is 5.96 Å². The summed E-state index contributed by atoms with van der Waals surface area (Å²) in [6.45, 7) is 7.33. The fraction of sp³-hybridized carbons (Fsp3) is 0.533. The van der Waals surface area contributed by atoms with E-state index >= 15 is 0 Å². The molecule has 6 heteroatoms. The quantitative estimate of drug-likeness (QED) is 0.500. The highest BCUT2D eigenvalue weighted by Gasteiger charge is 2.20. The topological polar surface area (TPSA) is 70.6 Å². The van der Waals surface area contributed by atoms with Gasteiger partial charge in [-0.15, -0.1) is 6.42 Å². The molecule has 1 aliphatic heterocycles. The molecule has 21 heavy (non-hydrogen) atoms. The van der Waals surface area contributed by atoms with Crippen LogP contribution in [0.15, 0.2) is 23.5 Å². The summed E-state index contributed by atoms with van der Waals surface area (Å²) >= 11 is 0. The van der Waals surface area contributed by atoms with Gasteiger partial charge in [-0.1, -0.05) is 19.8 Å². The Morgan fingerprint density at radius 1 is 1.29 bits per heavy atom. The lowest BCUT2D eigenvalue weighted by Gasteiger charge is -2.35. The first-order chi connectivity index (χ1) is 10.1. The number of rotatable bonds is 3. The van der Waals surface area contributed by atoms with Crippen molar-refractivity contribution in [3.8, 4) is 12.3 Å². The van der Waals surface area contributed by atoms with E-state index in [-0.39, 0.29) is 12.0 Å². The van der Waals surface area contributed by atoms with Crippen LogP contribution in [0.25, 0.3) is 0 Å². The summed E-state index contributed by atoms with van der Waals surface area (Å²) in [6, 6.07) is 1.65. The minimum absolute atomic E-state index is 0.166. The highest BCUT2D eigenvalue weighted by molar-refractivity contribution is 5.78. The second-order valence-electron chi connectivity index (χ2n) is 5.37. The summed E-state index contributed by atoms with van der Waals surface area (Å²) in [6.07, 6.45) is 9.00. The number of hydrogen-bond acceptors (Lipinski definition) is 4. The predicted octanol–water partition coefficient (Wildman–Crippen LogP) is 0.571. The van der Waals surface area contributed by atoms with E-state index in [4.69, 9.17) is 12.2 Å². The molecule has 1 fully saturated rings. The van der Waals surface area contributed by atoms with Gasteiger partial charge < -0.3 is 15.5 Å². The van der Waals surface area contributed by atoms with Gasteiger partial charge in [0.2, 0.25) is 5.95 Å². The summed E-state index contributed by atoms with van der Waals surface area (Å²) < 4.78 is 0. The maximum Gasteiger partial charge on any atom is 0.225 e. The molecular formula is C15H22N6. The van der Waals surface area contributed by atoms with Gasteiger partial charge >= 0.3 is 0 Å². The van der Waals surface area contributed by atoms with Crippen LogP contribution < -0.4 is 10.6 Å². The van der Waals surface area contributed by atoms with E-state index in [2.05, 4.69) is 30.7 Å². The molecule has 1 aliphatic rings. The van der Waals surface area contributed by atoms with Crippen molar-refractivity contribution in [3.63, 3.8) is 0 Å². The molecule has 2 rings (SSSR count). The van der Waals surface area contributed by atoms with Gasteiger partial charge in [0, 0.05) is 38.6 Å². The molecule has 2 N–H and O–H groups in total. The number of aliphatic imine (C=N–C) groups is 1. The number of aromatic nitrogens is 2. The van der Waals surface area contributed by atoms with Crippen LogP contribution in [0.5, 0.6) is 0 Å².